The second kappa shape index (κ2) is 10.7. The van der Waals surface area contributed by atoms with Gasteiger partial charge in [0.05, 0.1) is 18.7 Å². The largest absolute Gasteiger partial charge is 0.420 e. The van der Waals surface area contributed by atoms with Crippen LogP contribution in [0.25, 0.3) is 11.1 Å². The van der Waals surface area contributed by atoms with Crippen LogP contribution in [0.15, 0.2) is 82.3 Å². The van der Waals surface area contributed by atoms with E-state index in [1.165, 1.54) is 10.1 Å². The maximum atomic E-state index is 12.9. The Bertz CT molecular complexity index is 1320. The van der Waals surface area contributed by atoms with Crippen molar-refractivity contribution in [3.05, 3.63) is 100 Å². The molecule has 7 heteroatoms. The van der Waals surface area contributed by atoms with Crippen LogP contribution in [0.1, 0.15) is 29.5 Å². The summed E-state index contributed by atoms with van der Waals surface area (Å²) in [4.78, 5) is 30.9. The molecule has 0 bridgehead atoms. The molecule has 35 heavy (non-hydrogen) atoms. The molecule has 0 aliphatic carbocycles. The van der Waals surface area contributed by atoms with Crippen LogP contribution in [0.4, 0.5) is 0 Å². The van der Waals surface area contributed by atoms with Crippen LogP contribution < -0.4 is 5.76 Å². The number of hydrogen-bond acceptors (Lipinski definition) is 5. The van der Waals surface area contributed by atoms with Gasteiger partial charge in [0.1, 0.15) is 6.54 Å². The number of carbonyl (C=O) groups is 1. The summed E-state index contributed by atoms with van der Waals surface area (Å²) in [6, 6.07) is 19.7. The molecule has 3 heterocycles. The molecule has 0 spiro atoms. The molecule has 0 atom stereocenters. The molecule has 0 saturated carbocycles. The predicted octanol–water partition coefficient (Wildman–Crippen LogP) is 4.19. The van der Waals surface area contributed by atoms with Crippen molar-refractivity contribution in [1.29, 1.82) is 0 Å². The third kappa shape index (κ3) is 5.69. The smallest absolute Gasteiger partial charge is 0.408 e. The molecule has 4 aromatic rings. The van der Waals surface area contributed by atoms with Crippen molar-refractivity contribution in [3.8, 4) is 0 Å². The Labute approximate surface area is 204 Å². The Hall–Kier alpha value is -3.71. The quantitative estimate of drug-likeness (QED) is 0.385. The zero-order valence-electron chi connectivity index (χ0n) is 19.6. The lowest BCUT2D eigenvalue weighted by Gasteiger charge is -2.32. The second-order valence-corrected chi connectivity index (χ2v) is 9.11. The maximum absolute atomic E-state index is 12.9. The number of carbonyl (C=O) groups excluding carboxylic acids is 1. The van der Waals surface area contributed by atoms with Gasteiger partial charge in [-0.15, -0.1) is 0 Å². The van der Waals surface area contributed by atoms with E-state index in [4.69, 9.17) is 9.15 Å². The van der Waals surface area contributed by atoms with Crippen LogP contribution >= 0.6 is 0 Å². The number of fused-ring (bicyclic) bond motifs is 1. The van der Waals surface area contributed by atoms with E-state index in [9.17, 15) is 9.59 Å². The molecule has 2 aromatic heterocycles. The van der Waals surface area contributed by atoms with E-state index in [2.05, 4.69) is 29.2 Å². The molecule has 0 unspecified atom stereocenters. The van der Waals surface area contributed by atoms with E-state index < -0.39 is 5.76 Å². The molecule has 1 aliphatic rings. The highest BCUT2D eigenvalue weighted by molar-refractivity contribution is 5.79. The first-order chi connectivity index (χ1) is 17.2. The van der Waals surface area contributed by atoms with Crippen LogP contribution in [0.3, 0.4) is 0 Å². The van der Waals surface area contributed by atoms with Crippen molar-refractivity contribution in [2.75, 3.05) is 13.1 Å². The van der Waals surface area contributed by atoms with Crippen molar-refractivity contribution in [1.82, 2.24) is 14.5 Å². The highest BCUT2D eigenvalue weighted by Gasteiger charge is 2.24. The molecule has 2 aromatic carbocycles. The van der Waals surface area contributed by atoms with E-state index in [-0.39, 0.29) is 12.5 Å². The topological polar surface area (TPSA) is 77.6 Å². The molecule has 5 rings (SSSR count). The predicted molar refractivity (Wildman–Crippen MR) is 133 cm³/mol. The Kier molecular flexibility index (Phi) is 7.04. The highest BCUT2D eigenvalue weighted by Crippen LogP contribution is 2.23. The van der Waals surface area contributed by atoms with Gasteiger partial charge in [-0.1, -0.05) is 36.4 Å². The third-order valence-electron chi connectivity index (χ3n) is 6.67. The molecule has 1 amide bonds. The van der Waals surface area contributed by atoms with Gasteiger partial charge in [0.25, 0.3) is 0 Å². The molecular formula is C28H29N3O4. The van der Waals surface area contributed by atoms with Gasteiger partial charge in [-0.05, 0) is 66.1 Å². The zero-order chi connectivity index (χ0) is 24.0. The number of para-hydroxylation sites is 2. The zero-order valence-corrected chi connectivity index (χ0v) is 19.6. The van der Waals surface area contributed by atoms with Crippen molar-refractivity contribution < 1.29 is 13.9 Å². The number of rotatable bonds is 8. The third-order valence-corrected chi connectivity index (χ3v) is 6.67. The standard InChI is InChI=1S/C28H29N3O4/c32-27(18-31-25-3-1-2-4-26(25)35-28(31)33)30-15-11-22(12-16-30)17-21-5-7-23(8-6-21)19-34-20-24-9-13-29-14-10-24/h1-10,13-14,22H,11-12,15-20H2. The van der Waals surface area contributed by atoms with Gasteiger partial charge < -0.3 is 14.1 Å². The van der Waals surface area contributed by atoms with E-state index in [0.717, 1.165) is 43.5 Å². The van der Waals surface area contributed by atoms with Gasteiger partial charge in [-0.2, -0.15) is 0 Å². The van der Waals surface area contributed by atoms with Gasteiger partial charge in [0, 0.05) is 25.5 Å². The number of pyridine rings is 1. The number of benzene rings is 2. The van der Waals surface area contributed by atoms with E-state index >= 15 is 0 Å². The summed E-state index contributed by atoms with van der Waals surface area (Å²) in [5, 5.41) is 0. The average Bonchev–Trinajstić information content (AvgIpc) is 3.21. The minimum Gasteiger partial charge on any atom is -0.408 e. The Morgan fingerprint density at radius 2 is 1.57 bits per heavy atom. The first-order valence-corrected chi connectivity index (χ1v) is 12.1. The van der Waals surface area contributed by atoms with Crippen LogP contribution in [-0.2, 0) is 35.7 Å². The number of amides is 1. The SMILES string of the molecule is O=C(Cn1c(=O)oc2ccccc21)N1CCC(Cc2ccc(COCc3ccncc3)cc2)CC1. The molecule has 180 valence electrons. The molecule has 1 saturated heterocycles. The number of piperidine rings is 1. The Morgan fingerprint density at radius 3 is 2.31 bits per heavy atom. The van der Waals surface area contributed by atoms with E-state index in [0.29, 0.717) is 30.2 Å². The molecular weight excluding hydrogens is 442 g/mol. The molecule has 7 nitrogen and oxygen atoms in total. The van der Waals surface area contributed by atoms with Crippen molar-refractivity contribution in [2.45, 2.75) is 39.0 Å². The first kappa shape index (κ1) is 23.1. The molecule has 0 radical (unpaired) electrons. The second-order valence-electron chi connectivity index (χ2n) is 9.11. The number of hydrogen-bond donors (Lipinski definition) is 0. The number of oxazole rings is 1. The number of aromatic nitrogens is 2. The summed E-state index contributed by atoms with van der Waals surface area (Å²) >= 11 is 0. The van der Waals surface area contributed by atoms with Crippen LogP contribution in [0, 0.1) is 5.92 Å². The van der Waals surface area contributed by atoms with Gasteiger partial charge in [-0.25, -0.2) is 4.79 Å². The van der Waals surface area contributed by atoms with Crippen molar-refractivity contribution in [2.24, 2.45) is 5.92 Å². The number of likely N-dealkylation sites (tertiary alicyclic amines) is 1. The lowest BCUT2D eigenvalue weighted by molar-refractivity contribution is -0.133. The van der Waals surface area contributed by atoms with Crippen molar-refractivity contribution >= 4 is 17.0 Å². The number of ether oxygens (including phenoxy) is 1. The lowest BCUT2D eigenvalue weighted by atomic mass is 9.90. The van der Waals surface area contributed by atoms with Crippen LogP contribution in [0.2, 0.25) is 0 Å². The van der Waals surface area contributed by atoms with Crippen LogP contribution in [0.5, 0.6) is 0 Å². The number of nitrogens with zero attached hydrogens (tertiary/aromatic N) is 3. The van der Waals surface area contributed by atoms with Crippen LogP contribution in [-0.4, -0.2) is 33.4 Å². The van der Waals surface area contributed by atoms with Crippen molar-refractivity contribution in [3.63, 3.8) is 0 Å². The summed E-state index contributed by atoms with van der Waals surface area (Å²) < 4.78 is 12.5. The first-order valence-electron chi connectivity index (χ1n) is 12.1. The van der Waals surface area contributed by atoms with Gasteiger partial charge in [0.15, 0.2) is 5.58 Å². The van der Waals surface area contributed by atoms with Gasteiger partial charge in [-0.3, -0.25) is 14.3 Å². The highest BCUT2D eigenvalue weighted by atomic mass is 16.5. The maximum Gasteiger partial charge on any atom is 0.420 e. The fourth-order valence-electron chi connectivity index (χ4n) is 4.66. The lowest BCUT2D eigenvalue weighted by Crippen LogP contribution is -2.41. The molecule has 1 aliphatic heterocycles. The summed E-state index contributed by atoms with van der Waals surface area (Å²) in [5.41, 5.74) is 4.75. The summed E-state index contributed by atoms with van der Waals surface area (Å²) in [7, 11) is 0. The Morgan fingerprint density at radius 1 is 0.914 bits per heavy atom. The van der Waals surface area contributed by atoms with E-state index in [1.807, 2.05) is 29.2 Å². The van der Waals surface area contributed by atoms with Gasteiger partial charge in [0.2, 0.25) is 5.91 Å². The molecule has 0 N–H and O–H groups in total. The summed E-state index contributed by atoms with van der Waals surface area (Å²) in [6.07, 6.45) is 6.48. The minimum atomic E-state index is -0.486. The van der Waals surface area contributed by atoms with E-state index in [1.54, 1.807) is 24.5 Å². The summed E-state index contributed by atoms with van der Waals surface area (Å²) in [5.74, 6) is 0.0270. The minimum absolute atomic E-state index is 0.0191. The fraction of sp³-hybridized carbons (Fsp3) is 0.321. The monoisotopic (exact) mass is 471 g/mol. The fourth-order valence-corrected chi connectivity index (χ4v) is 4.66. The summed E-state index contributed by atoms with van der Waals surface area (Å²) in [6.45, 7) is 2.61. The average molecular weight is 472 g/mol. The molecule has 1 fully saturated rings. The Balaban J connectivity index is 1.08. The van der Waals surface area contributed by atoms with Gasteiger partial charge >= 0.3 is 5.76 Å². The normalized spacial score (nSPS) is 14.5.